The van der Waals surface area contributed by atoms with E-state index in [1.54, 1.807) is 0 Å². The SMILES string of the molecule is CC=CCC(=O)N1CCC(Oc2cccc(C)c2)CC1. The van der Waals surface area contributed by atoms with Crippen LogP contribution in [0.2, 0.25) is 0 Å². The first-order chi connectivity index (χ1) is 9.69. The van der Waals surface area contributed by atoms with Crippen molar-refractivity contribution in [2.75, 3.05) is 13.1 Å². The molecule has 1 fully saturated rings. The molecule has 0 bridgehead atoms. The lowest BCUT2D eigenvalue weighted by Crippen LogP contribution is -2.41. The van der Waals surface area contributed by atoms with Crippen molar-refractivity contribution in [1.29, 1.82) is 0 Å². The molecule has 3 heteroatoms. The highest BCUT2D eigenvalue weighted by atomic mass is 16.5. The maximum Gasteiger partial charge on any atom is 0.226 e. The number of aryl methyl sites for hydroxylation is 1. The zero-order valence-electron chi connectivity index (χ0n) is 12.3. The average Bonchev–Trinajstić information content (AvgIpc) is 2.45. The Morgan fingerprint density at radius 1 is 1.40 bits per heavy atom. The molecular formula is C17H23NO2. The van der Waals surface area contributed by atoms with Crippen molar-refractivity contribution < 1.29 is 9.53 Å². The number of rotatable bonds is 4. The molecule has 0 radical (unpaired) electrons. The lowest BCUT2D eigenvalue weighted by Gasteiger charge is -2.32. The second-order valence-corrected chi connectivity index (χ2v) is 5.29. The van der Waals surface area contributed by atoms with E-state index in [4.69, 9.17) is 4.74 Å². The first kappa shape index (κ1) is 14.6. The highest BCUT2D eigenvalue weighted by Gasteiger charge is 2.23. The second-order valence-electron chi connectivity index (χ2n) is 5.29. The molecule has 1 amide bonds. The number of nitrogens with zero attached hydrogens (tertiary/aromatic N) is 1. The molecule has 0 spiro atoms. The van der Waals surface area contributed by atoms with Gasteiger partial charge in [-0.15, -0.1) is 0 Å². The van der Waals surface area contributed by atoms with Crippen LogP contribution >= 0.6 is 0 Å². The van der Waals surface area contributed by atoms with Crippen LogP contribution in [0.4, 0.5) is 0 Å². The van der Waals surface area contributed by atoms with Gasteiger partial charge in [0.1, 0.15) is 11.9 Å². The number of ether oxygens (including phenoxy) is 1. The van der Waals surface area contributed by atoms with Crippen LogP contribution in [0.15, 0.2) is 36.4 Å². The van der Waals surface area contributed by atoms with Crippen molar-refractivity contribution in [3.05, 3.63) is 42.0 Å². The topological polar surface area (TPSA) is 29.5 Å². The van der Waals surface area contributed by atoms with Gasteiger partial charge in [-0.3, -0.25) is 4.79 Å². The standard InChI is InChI=1S/C17H23NO2/c1-3-4-8-17(19)18-11-9-15(10-12-18)20-16-7-5-6-14(2)13-16/h3-7,13,15H,8-12H2,1-2H3. The fourth-order valence-corrected chi connectivity index (χ4v) is 2.45. The quantitative estimate of drug-likeness (QED) is 0.787. The van der Waals surface area contributed by atoms with Crippen molar-refractivity contribution in [2.24, 2.45) is 0 Å². The molecule has 1 aliphatic heterocycles. The van der Waals surface area contributed by atoms with Gasteiger partial charge in [0, 0.05) is 32.4 Å². The van der Waals surface area contributed by atoms with Gasteiger partial charge in [0.2, 0.25) is 5.91 Å². The Hall–Kier alpha value is -1.77. The van der Waals surface area contributed by atoms with E-state index in [0.29, 0.717) is 6.42 Å². The summed E-state index contributed by atoms with van der Waals surface area (Å²) in [5.74, 6) is 1.15. The molecule has 2 rings (SSSR count). The summed E-state index contributed by atoms with van der Waals surface area (Å²) in [6, 6.07) is 8.13. The number of carbonyl (C=O) groups is 1. The number of benzene rings is 1. The number of amides is 1. The van der Waals surface area contributed by atoms with Gasteiger partial charge < -0.3 is 9.64 Å². The summed E-state index contributed by atoms with van der Waals surface area (Å²) in [4.78, 5) is 13.8. The molecular weight excluding hydrogens is 250 g/mol. The van der Waals surface area contributed by atoms with Gasteiger partial charge in [0.25, 0.3) is 0 Å². The minimum Gasteiger partial charge on any atom is -0.490 e. The fourth-order valence-electron chi connectivity index (χ4n) is 2.45. The first-order valence-electron chi connectivity index (χ1n) is 7.31. The van der Waals surface area contributed by atoms with E-state index in [2.05, 4.69) is 19.1 Å². The van der Waals surface area contributed by atoms with Crippen LogP contribution < -0.4 is 4.74 Å². The van der Waals surface area contributed by atoms with Crippen LogP contribution in [-0.2, 0) is 4.79 Å². The number of hydrogen-bond donors (Lipinski definition) is 0. The smallest absolute Gasteiger partial charge is 0.226 e. The largest absolute Gasteiger partial charge is 0.490 e. The summed E-state index contributed by atoms with van der Waals surface area (Å²) in [6.07, 6.45) is 6.40. The predicted octanol–water partition coefficient (Wildman–Crippen LogP) is 3.33. The van der Waals surface area contributed by atoms with E-state index in [9.17, 15) is 4.79 Å². The Balaban J connectivity index is 1.81. The van der Waals surface area contributed by atoms with Crippen LogP contribution in [0, 0.1) is 6.92 Å². The van der Waals surface area contributed by atoms with Crippen molar-refractivity contribution in [3.63, 3.8) is 0 Å². The van der Waals surface area contributed by atoms with Crippen LogP contribution in [0.25, 0.3) is 0 Å². The highest BCUT2D eigenvalue weighted by molar-refractivity contribution is 5.77. The van der Waals surface area contributed by atoms with Gasteiger partial charge in [0.05, 0.1) is 0 Å². The molecule has 1 aromatic carbocycles. The predicted molar refractivity (Wildman–Crippen MR) is 80.8 cm³/mol. The van der Waals surface area contributed by atoms with E-state index in [1.807, 2.05) is 36.1 Å². The van der Waals surface area contributed by atoms with E-state index in [1.165, 1.54) is 5.56 Å². The summed E-state index contributed by atoms with van der Waals surface area (Å²) < 4.78 is 5.99. The molecule has 1 aliphatic rings. The first-order valence-corrected chi connectivity index (χ1v) is 7.31. The number of likely N-dealkylation sites (tertiary alicyclic amines) is 1. The van der Waals surface area contributed by atoms with Crippen LogP contribution in [0.1, 0.15) is 31.7 Å². The van der Waals surface area contributed by atoms with Gasteiger partial charge in [-0.25, -0.2) is 0 Å². The summed E-state index contributed by atoms with van der Waals surface area (Å²) in [7, 11) is 0. The Labute approximate surface area is 121 Å². The van der Waals surface area contributed by atoms with Gasteiger partial charge in [-0.2, -0.15) is 0 Å². The van der Waals surface area contributed by atoms with Crippen LogP contribution in [0.3, 0.4) is 0 Å². The molecule has 0 aliphatic carbocycles. The number of hydrogen-bond acceptors (Lipinski definition) is 2. The molecule has 0 aromatic heterocycles. The number of carbonyl (C=O) groups excluding carboxylic acids is 1. The molecule has 108 valence electrons. The van der Waals surface area contributed by atoms with Gasteiger partial charge in [-0.05, 0) is 31.5 Å². The lowest BCUT2D eigenvalue weighted by molar-refractivity contribution is -0.132. The van der Waals surface area contributed by atoms with Crippen molar-refractivity contribution >= 4 is 5.91 Å². The molecule has 1 aromatic rings. The third kappa shape index (κ3) is 4.12. The molecule has 3 nitrogen and oxygen atoms in total. The van der Waals surface area contributed by atoms with Gasteiger partial charge in [-0.1, -0.05) is 24.3 Å². The Bertz CT molecular complexity index is 474. The maximum atomic E-state index is 11.9. The Morgan fingerprint density at radius 2 is 2.15 bits per heavy atom. The fraction of sp³-hybridized carbons (Fsp3) is 0.471. The minimum absolute atomic E-state index is 0.220. The van der Waals surface area contributed by atoms with Crippen molar-refractivity contribution in [2.45, 2.75) is 39.2 Å². The van der Waals surface area contributed by atoms with E-state index < -0.39 is 0 Å². The normalized spacial score (nSPS) is 16.6. The molecule has 20 heavy (non-hydrogen) atoms. The molecule has 1 heterocycles. The highest BCUT2D eigenvalue weighted by Crippen LogP contribution is 2.20. The summed E-state index contributed by atoms with van der Waals surface area (Å²) in [5, 5.41) is 0. The van der Waals surface area contributed by atoms with E-state index >= 15 is 0 Å². The van der Waals surface area contributed by atoms with Gasteiger partial charge in [0.15, 0.2) is 0 Å². The van der Waals surface area contributed by atoms with E-state index in [-0.39, 0.29) is 12.0 Å². The van der Waals surface area contributed by atoms with Crippen molar-refractivity contribution in [1.82, 2.24) is 4.90 Å². The molecule has 1 saturated heterocycles. The summed E-state index contributed by atoms with van der Waals surface area (Å²) in [5.41, 5.74) is 1.21. The van der Waals surface area contributed by atoms with Crippen molar-refractivity contribution in [3.8, 4) is 5.75 Å². The van der Waals surface area contributed by atoms with Gasteiger partial charge >= 0.3 is 0 Å². The molecule has 0 saturated carbocycles. The Morgan fingerprint density at radius 3 is 2.80 bits per heavy atom. The third-order valence-corrected chi connectivity index (χ3v) is 3.62. The van der Waals surface area contributed by atoms with Crippen LogP contribution in [-0.4, -0.2) is 30.0 Å². The lowest BCUT2D eigenvalue weighted by atomic mass is 10.1. The zero-order chi connectivity index (χ0) is 14.4. The average molecular weight is 273 g/mol. The molecule has 0 unspecified atom stereocenters. The second kappa shape index (κ2) is 7.13. The number of allylic oxidation sites excluding steroid dienone is 1. The Kier molecular flexibility index (Phi) is 5.22. The minimum atomic E-state index is 0.220. The maximum absolute atomic E-state index is 11.9. The molecule has 0 N–H and O–H groups in total. The summed E-state index contributed by atoms with van der Waals surface area (Å²) in [6.45, 7) is 5.60. The number of piperidine rings is 1. The molecule has 0 atom stereocenters. The zero-order valence-corrected chi connectivity index (χ0v) is 12.3. The van der Waals surface area contributed by atoms with E-state index in [0.717, 1.165) is 31.7 Å². The third-order valence-electron chi connectivity index (χ3n) is 3.62. The van der Waals surface area contributed by atoms with Crippen LogP contribution in [0.5, 0.6) is 5.75 Å². The summed E-state index contributed by atoms with van der Waals surface area (Å²) >= 11 is 0. The monoisotopic (exact) mass is 273 g/mol.